The summed E-state index contributed by atoms with van der Waals surface area (Å²) in [6, 6.07) is 16.0. The summed E-state index contributed by atoms with van der Waals surface area (Å²) in [4.78, 5) is 0. The van der Waals surface area contributed by atoms with Gasteiger partial charge in [0.1, 0.15) is 5.82 Å². The van der Waals surface area contributed by atoms with E-state index in [1.807, 2.05) is 40.3 Å². The van der Waals surface area contributed by atoms with Gasteiger partial charge in [0.15, 0.2) is 0 Å². The minimum atomic E-state index is -4.59. The molecule has 1 fully saturated rings. The normalized spacial score (nSPS) is 15.1. The number of nitrogens with zero attached hydrogens (tertiary/aromatic N) is 3. The Balaban J connectivity index is 1.69. The van der Waals surface area contributed by atoms with Crippen LogP contribution in [0.1, 0.15) is 23.1 Å². The molecule has 3 aromatic carbocycles. The molecule has 0 radical (unpaired) electrons. The zero-order chi connectivity index (χ0) is 20.6. The molecule has 0 N–H and O–H groups in total. The molecule has 1 heterocycles. The van der Waals surface area contributed by atoms with Gasteiger partial charge in [0, 0.05) is 30.4 Å². The number of alkyl halides is 3. The molecule has 1 aliphatic rings. The molecule has 0 aliphatic carbocycles. The van der Waals surface area contributed by atoms with Crippen LogP contribution in [0.4, 0.5) is 23.2 Å². The number of benzene rings is 3. The molecular formula is C22H17F4N3. The minimum Gasteiger partial charge on any atom is -0.305 e. The molecule has 0 bridgehead atoms. The van der Waals surface area contributed by atoms with Gasteiger partial charge in [-0.05, 0) is 42.3 Å². The van der Waals surface area contributed by atoms with Crippen LogP contribution in [0, 0.1) is 17.1 Å². The molecule has 29 heavy (non-hydrogen) atoms. The molecule has 0 amide bonds. The lowest BCUT2D eigenvalue weighted by Crippen LogP contribution is -2.36. The van der Waals surface area contributed by atoms with E-state index in [-0.39, 0.29) is 12.1 Å². The average molecular weight is 399 g/mol. The fraction of sp³-hybridized carbons (Fsp3) is 0.227. The van der Waals surface area contributed by atoms with Crippen molar-refractivity contribution in [1.82, 2.24) is 5.01 Å². The van der Waals surface area contributed by atoms with Gasteiger partial charge < -0.3 is 5.01 Å². The van der Waals surface area contributed by atoms with Crippen molar-refractivity contribution in [2.45, 2.75) is 19.1 Å². The number of fused-ring (bicyclic) bond motifs is 1. The van der Waals surface area contributed by atoms with Gasteiger partial charge in [0.25, 0.3) is 0 Å². The predicted octanol–water partition coefficient (Wildman–Crippen LogP) is 5.50. The lowest BCUT2D eigenvalue weighted by molar-refractivity contribution is -0.137. The molecule has 1 aliphatic heterocycles. The van der Waals surface area contributed by atoms with E-state index in [1.165, 1.54) is 0 Å². The van der Waals surface area contributed by atoms with Crippen LogP contribution in [0.2, 0.25) is 0 Å². The zero-order valence-electron chi connectivity index (χ0n) is 15.4. The van der Waals surface area contributed by atoms with E-state index in [0.717, 1.165) is 35.0 Å². The minimum absolute atomic E-state index is 0.162. The number of hydrogen-bond acceptors (Lipinski definition) is 3. The fourth-order valence-corrected chi connectivity index (χ4v) is 3.82. The third-order valence-electron chi connectivity index (χ3n) is 5.08. The van der Waals surface area contributed by atoms with Crippen molar-refractivity contribution >= 4 is 16.5 Å². The summed E-state index contributed by atoms with van der Waals surface area (Å²) in [5.41, 5.74) is 0.726. The number of hydrazine groups is 1. The lowest BCUT2D eigenvalue weighted by Gasteiger charge is -2.31. The molecule has 3 nitrogen and oxygen atoms in total. The van der Waals surface area contributed by atoms with E-state index in [1.54, 1.807) is 6.07 Å². The van der Waals surface area contributed by atoms with E-state index < -0.39 is 17.6 Å². The van der Waals surface area contributed by atoms with Gasteiger partial charge in [-0.25, -0.2) is 9.40 Å². The molecule has 1 saturated heterocycles. The average Bonchev–Trinajstić information content (AvgIpc) is 3.13. The van der Waals surface area contributed by atoms with Crippen LogP contribution in [0.5, 0.6) is 0 Å². The van der Waals surface area contributed by atoms with Crippen LogP contribution in [-0.4, -0.2) is 18.1 Å². The molecule has 3 aromatic rings. The maximum absolute atomic E-state index is 13.8. The Kier molecular flexibility index (Phi) is 4.89. The van der Waals surface area contributed by atoms with Gasteiger partial charge in [0.05, 0.1) is 22.9 Å². The largest absolute Gasteiger partial charge is 0.416 e. The fourth-order valence-electron chi connectivity index (χ4n) is 3.82. The molecule has 0 spiro atoms. The van der Waals surface area contributed by atoms with Crippen LogP contribution < -0.4 is 5.01 Å². The molecule has 7 heteroatoms. The van der Waals surface area contributed by atoms with Crippen LogP contribution in [-0.2, 0) is 12.7 Å². The van der Waals surface area contributed by atoms with Gasteiger partial charge in [-0.1, -0.05) is 24.3 Å². The first-order valence-electron chi connectivity index (χ1n) is 9.18. The van der Waals surface area contributed by atoms with Crippen molar-refractivity contribution in [3.63, 3.8) is 0 Å². The summed E-state index contributed by atoms with van der Waals surface area (Å²) in [7, 11) is 0. The summed E-state index contributed by atoms with van der Waals surface area (Å²) in [6.45, 7) is 1.50. The Labute approximate surface area is 165 Å². The first-order chi connectivity index (χ1) is 13.9. The number of halogens is 4. The second kappa shape index (κ2) is 7.37. The monoisotopic (exact) mass is 399 g/mol. The molecule has 0 unspecified atom stereocenters. The van der Waals surface area contributed by atoms with Crippen molar-refractivity contribution in [2.24, 2.45) is 0 Å². The second-order valence-corrected chi connectivity index (χ2v) is 7.00. The quantitative estimate of drug-likeness (QED) is 0.545. The number of hydrogen-bond donors (Lipinski definition) is 0. The number of rotatable bonds is 3. The number of anilines is 1. The standard InChI is InChI=1S/C22H17F4N3/c23-18-11-15(10-17(12-18)22(24,25)26)14-28-8-3-9-29(28)21-7-6-16(13-27)19-4-1-2-5-20(19)21/h1-2,4-7,10-12H,3,8-9,14H2. The van der Waals surface area contributed by atoms with Gasteiger partial charge >= 0.3 is 6.18 Å². The maximum Gasteiger partial charge on any atom is 0.416 e. The summed E-state index contributed by atoms with van der Waals surface area (Å²) < 4.78 is 52.9. The maximum atomic E-state index is 13.8. The van der Waals surface area contributed by atoms with Gasteiger partial charge in [-0.3, -0.25) is 0 Å². The van der Waals surface area contributed by atoms with E-state index in [0.29, 0.717) is 24.7 Å². The molecule has 148 valence electrons. The van der Waals surface area contributed by atoms with Crippen molar-refractivity contribution in [2.75, 3.05) is 18.1 Å². The third-order valence-corrected chi connectivity index (χ3v) is 5.08. The van der Waals surface area contributed by atoms with Gasteiger partial charge in [0.2, 0.25) is 0 Å². The van der Waals surface area contributed by atoms with Crippen molar-refractivity contribution < 1.29 is 17.6 Å². The van der Waals surface area contributed by atoms with E-state index in [4.69, 9.17) is 0 Å². The Hall–Kier alpha value is -3.11. The Morgan fingerprint density at radius 3 is 2.45 bits per heavy atom. The Morgan fingerprint density at radius 2 is 1.72 bits per heavy atom. The smallest absolute Gasteiger partial charge is 0.305 e. The van der Waals surface area contributed by atoms with E-state index in [2.05, 4.69) is 6.07 Å². The first-order valence-corrected chi connectivity index (χ1v) is 9.18. The Bertz CT molecular complexity index is 1100. The lowest BCUT2D eigenvalue weighted by atomic mass is 10.0. The predicted molar refractivity (Wildman–Crippen MR) is 102 cm³/mol. The van der Waals surface area contributed by atoms with E-state index in [9.17, 15) is 22.8 Å². The van der Waals surface area contributed by atoms with Crippen LogP contribution in [0.15, 0.2) is 54.6 Å². The first kappa shape index (κ1) is 19.2. The summed E-state index contributed by atoms with van der Waals surface area (Å²) in [6.07, 6.45) is -3.76. The van der Waals surface area contributed by atoms with E-state index >= 15 is 0 Å². The summed E-state index contributed by atoms with van der Waals surface area (Å²) >= 11 is 0. The van der Waals surface area contributed by atoms with Crippen molar-refractivity contribution in [3.05, 3.63) is 77.1 Å². The highest BCUT2D eigenvalue weighted by atomic mass is 19.4. The Morgan fingerprint density at radius 1 is 0.966 bits per heavy atom. The highest BCUT2D eigenvalue weighted by Crippen LogP contribution is 2.34. The van der Waals surface area contributed by atoms with Gasteiger partial charge in [-0.2, -0.15) is 18.4 Å². The van der Waals surface area contributed by atoms with Crippen molar-refractivity contribution in [1.29, 1.82) is 5.26 Å². The van der Waals surface area contributed by atoms with Gasteiger partial charge in [-0.15, -0.1) is 0 Å². The zero-order valence-corrected chi connectivity index (χ0v) is 15.4. The van der Waals surface area contributed by atoms with Crippen LogP contribution in [0.25, 0.3) is 10.8 Å². The highest BCUT2D eigenvalue weighted by Gasteiger charge is 2.32. The second-order valence-electron chi connectivity index (χ2n) is 7.00. The molecule has 0 aromatic heterocycles. The SMILES string of the molecule is N#Cc1ccc(N2CCCN2Cc2cc(F)cc(C(F)(F)F)c2)c2ccccc12. The number of nitriles is 1. The van der Waals surface area contributed by atoms with Crippen molar-refractivity contribution in [3.8, 4) is 6.07 Å². The molecule has 4 rings (SSSR count). The molecule has 0 atom stereocenters. The topological polar surface area (TPSA) is 30.3 Å². The molecule has 0 saturated carbocycles. The summed E-state index contributed by atoms with van der Waals surface area (Å²) in [5, 5.41) is 15.0. The third kappa shape index (κ3) is 3.76. The van der Waals surface area contributed by atoms with Crippen LogP contribution >= 0.6 is 0 Å². The highest BCUT2D eigenvalue weighted by molar-refractivity contribution is 5.97. The molecular weight excluding hydrogens is 382 g/mol. The van der Waals surface area contributed by atoms with Crippen LogP contribution in [0.3, 0.4) is 0 Å². The summed E-state index contributed by atoms with van der Waals surface area (Å²) in [5.74, 6) is -0.899.